The quantitative estimate of drug-likeness (QED) is 0.776. The number of aromatic nitrogens is 5. The van der Waals surface area contributed by atoms with E-state index in [2.05, 4.69) is 20.5 Å². The van der Waals surface area contributed by atoms with Crippen molar-refractivity contribution in [2.75, 3.05) is 13.7 Å². The monoisotopic (exact) mass is 280 g/mol. The number of ether oxygens (including phenoxy) is 1. The highest BCUT2D eigenvalue weighted by Crippen LogP contribution is 2.21. The van der Waals surface area contributed by atoms with Gasteiger partial charge >= 0.3 is 0 Å². The van der Waals surface area contributed by atoms with Gasteiger partial charge in [-0.05, 0) is 17.4 Å². The molecule has 0 spiro atoms. The third kappa shape index (κ3) is 3.65. The maximum atomic E-state index is 5.50. The molecule has 0 unspecified atom stereocenters. The summed E-state index contributed by atoms with van der Waals surface area (Å²) in [6, 6.07) is 3.81. The second-order valence-corrected chi connectivity index (χ2v) is 4.84. The summed E-state index contributed by atoms with van der Waals surface area (Å²) in [6.07, 6.45) is 0. The van der Waals surface area contributed by atoms with E-state index in [4.69, 9.17) is 10.5 Å². The number of tetrazole rings is 1. The standard InChI is InChI=1S/C11H16N6OS/c1-8-5-10(18-2)6-9(13-8)7-19-11-14-15-16-17(11)4-3-12/h5-6H,3-4,7,12H2,1-2H3. The Labute approximate surface area is 115 Å². The summed E-state index contributed by atoms with van der Waals surface area (Å²) in [5.74, 6) is 1.49. The number of rotatable bonds is 6. The van der Waals surface area contributed by atoms with Crippen molar-refractivity contribution in [3.63, 3.8) is 0 Å². The number of hydrogen-bond donors (Lipinski definition) is 1. The summed E-state index contributed by atoms with van der Waals surface area (Å²) in [4.78, 5) is 4.45. The fourth-order valence-corrected chi connectivity index (χ4v) is 2.39. The van der Waals surface area contributed by atoms with Gasteiger partial charge in [0.05, 0.1) is 19.3 Å². The average Bonchev–Trinajstić information content (AvgIpc) is 2.83. The lowest BCUT2D eigenvalue weighted by molar-refractivity contribution is 0.413. The largest absolute Gasteiger partial charge is 0.497 e. The minimum absolute atomic E-state index is 0.509. The topological polar surface area (TPSA) is 91.7 Å². The van der Waals surface area contributed by atoms with Crippen LogP contribution in [0.3, 0.4) is 0 Å². The van der Waals surface area contributed by atoms with Gasteiger partial charge in [-0.25, -0.2) is 4.68 Å². The third-order valence-electron chi connectivity index (χ3n) is 2.40. The second-order valence-electron chi connectivity index (χ2n) is 3.90. The molecule has 0 aliphatic carbocycles. The average molecular weight is 280 g/mol. The van der Waals surface area contributed by atoms with E-state index in [1.165, 1.54) is 11.8 Å². The molecule has 0 aliphatic rings. The first-order chi connectivity index (χ1) is 9.22. The molecule has 2 heterocycles. The fraction of sp³-hybridized carbons (Fsp3) is 0.455. The van der Waals surface area contributed by atoms with Crippen LogP contribution < -0.4 is 10.5 Å². The van der Waals surface area contributed by atoms with Crippen LogP contribution in [-0.2, 0) is 12.3 Å². The number of nitrogens with zero attached hydrogens (tertiary/aromatic N) is 5. The first kappa shape index (κ1) is 13.8. The van der Waals surface area contributed by atoms with Crippen molar-refractivity contribution in [2.24, 2.45) is 5.73 Å². The van der Waals surface area contributed by atoms with Crippen LogP contribution in [0.4, 0.5) is 0 Å². The molecule has 2 aromatic heterocycles. The van der Waals surface area contributed by atoms with Gasteiger partial charge in [-0.3, -0.25) is 4.98 Å². The van der Waals surface area contributed by atoms with Gasteiger partial charge in [0.25, 0.3) is 0 Å². The molecule has 2 rings (SSSR count). The van der Waals surface area contributed by atoms with Crippen LogP contribution in [0.5, 0.6) is 5.75 Å². The van der Waals surface area contributed by atoms with Crippen LogP contribution in [0.1, 0.15) is 11.4 Å². The lowest BCUT2D eigenvalue weighted by atomic mass is 10.3. The second kappa shape index (κ2) is 6.48. The zero-order chi connectivity index (χ0) is 13.7. The Morgan fingerprint density at radius 1 is 1.42 bits per heavy atom. The van der Waals surface area contributed by atoms with E-state index in [9.17, 15) is 0 Å². The number of thioether (sulfide) groups is 1. The first-order valence-corrected chi connectivity index (χ1v) is 6.82. The van der Waals surface area contributed by atoms with Crippen LogP contribution in [0.2, 0.25) is 0 Å². The molecular formula is C11H16N6OS. The van der Waals surface area contributed by atoms with Crippen molar-refractivity contribution >= 4 is 11.8 Å². The van der Waals surface area contributed by atoms with Crippen molar-refractivity contribution in [3.05, 3.63) is 23.5 Å². The van der Waals surface area contributed by atoms with Crippen molar-refractivity contribution in [1.29, 1.82) is 0 Å². The molecule has 0 fully saturated rings. The minimum Gasteiger partial charge on any atom is -0.497 e. The first-order valence-electron chi connectivity index (χ1n) is 5.83. The van der Waals surface area contributed by atoms with Gasteiger partial charge in [0.1, 0.15) is 5.75 Å². The summed E-state index contributed by atoms with van der Waals surface area (Å²) < 4.78 is 6.92. The highest BCUT2D eigenvalue weighted by Gasteiger charge is 2.08. The van der Waals surface area contributed by atoms with E-state index < -0.39 is 0 Å². The Bertz CT molecular complexity index is 544. The molecule has 0 radical (unpaired) electrons. The fourth-order valence-electron chi connectivity index (χ4n) is 1.60. The summed E-state index contributed by atoms with van der Waals surface area (Å²) in [7, 11) is 1.65. The van der Waals surface area contributed by atoms with Crippen LogP contribution in [0, 0.1) is 6.92 Å². The molecule has 0 atom stereocenters. The van der Waals surface area contributed by atoms with Crippen LogP contribution in [-0.4, -0.2) is 38.8 Å². The number of aryl methyl sites for hydroxylation is 1. The van der Waals surface area contributed by atoms with Crippen LogP contribution >= 0.6 is 11.8 Å². The molecule has 7 nitrogen and oxygen atoms in total. The van der Waals surface area contributed by atoms with Gasteiger partial charge in [-0.15, -0.1) is 5.10 Å². The van der Waals surface area contributed by atoms with Crippen molar-refractivity contribution in [2.45, 2.75) is 24.4 Å². The molecule has 0 aliphatic heterocycles. The van der Waals surface area contributed by atoms with Crippen LogP contribution in [0.25, 0.3) is 0 Å². The van der Waals surface area contributed by atoms with Crippen molar-refractivity contribution < 1.29 is 4.74 Å². The maximum Gasteiger partial charge on any atom is 0.209 e. The zero-order valence-corrected chi connectivity index (χ0v) is 11.7. The predicted molar refractivity (Wildman–Crippen MR) is 72.0 cm³/mol. The maximum absolute atomic E-state index is 5.50. The molecule has 0 aromatic carbocycles. The van der Waals surface area contributed by atoms with Gasteiger partial charge in [0.15, 0.2) is 0 Å². The number of nitrogens with two attached hydrogens (primary N) is 1. The van der Waals surface area contributed by atoms with E-state index in [1.807, 2.05) is 19.1 Å². The molecule has 8 heteroatoms. The lowest BCUT2D eigenvalue weighted by Crippen LogP contribution is -2.12. The van der Waals surface area contributed by atoms with E-state index in [0.717, 1.165) is 22.3 Å². The Hall–Kier alpha value is -1.67. The zero-order valence-electron chi connectivity index (χ0n) is 10.9. The molecule has 19 heavy (non-hydrogen) atoms. The SMILES string of the molecule is COc1cc(C)nc(CSc2nnnn2CCN)c1. The number of methoxy groups -OCH3 is 1. The predicted octanol–water partition coefficient (Wildman–Crippen LogP) is 0.636. The highest BCUT2D eigenvalue weighted by molar-refractivity contribution is 7.98. The minimum atomic E-state index is 0.509. The summed E-state index contributed by atoms with van der Waals surface area (Å²) >= 11 is 1.53. The molecule has 0 amide bonds. The van der Waals surface area contributed by atoms with Crippen molar-refractivity contribution in [3.8, 4) is 5.75 Å². The molecule has 2 N–H and O–H groups in total. The van der Waals surface area contributed by atoms with E-state index in [-0.39, 0.29) is 0 Å². The Kier molecular flexibility index (Phi) is 4.69. The molecule has 0 saturated heterocycles. The van der Waals surface area contributed by atoms with Gasteiger partial charge in [0, 0.05) is 30.1 Å². The van der Waals surface area contributed by atoms with Gasteiger partial charge in [-0.2, -0.15) is 0 Å². The van der Waals surface area contributed by atoms with Gasteiger partial charge < -0.3 is 10.5 Å². The Morgan fingerprint density at radius 3 is 3.00 bits per heavy atom. The summed E-state index contributed by atoms with van der Waals surface area (Å²) in [5, 5.41) is 12.2. The number of hydrogen-bond acceptors (Lipinski definition) is 7. The van der Waals surface area contributed by atoms with Crippen LogP contribution in [0.15, 0.2) is 17.3 Å². The summed E-state index contributed by atoms with van der Waals surface area (Å²) in [5.41, 5.74) is 7.36. The lowest BCUT2D eigenvalue weighted by Gasteiger charge is -2.06. The van der Waals surface area contributed by atoms with Crippen molar-refractivity contribution in [1.82, 2.24) is 25.2 Å². The van der Waals surface area contributed by atoms with E-state index in [1.54, 1.807) is 11.8 Å². The van der Waals surface area contributed by atoms with E-state index >= 15 is 0 Å². The molecule has 102 valence electrons. The Balaban J connectivity index is 2.05. The smallest absolute Gasteiger partial charge is 0.209 e. The number of pyridine rings is 1. The molecule has 2 aromatic rings. The molecule has 0 bridgehead atoms. The normalized spacial score (nSPS) is 10.7. The van der Waals surface area contributed by atoms with Gasteiger partial charge in [-0.1, -0.05) is 11.8 Å². The Morgan fingerprint density at radius 2 is 2.26 bits per heavy atom. The van der Waals surface area contributed by atoms with E-state index in [0.29, 0.717) is 18.8 Å². The summed E-state index contributed by atoms with van der Waals surface area (Å²) in [6.45, 7) is 3.06. The van der Waals surface area contributed by atoms with Gasteiger partial charge in [0.2, 0.25) is 5.16 Å². The third-order valence-corrected chi connectivity index (χ3v) is 3.40. The molecular weight excluding hydrogens is 264 g/mol. The molecule has 0 saturated carbocycles. The highest BCUT2D eigenvalue weighted by atomic mass is 32.2.